The predicted octanol–water partition coefficient (Wildman–Crippen LogP) is 2.00. The van der Waals surface area contributed by atoms with Crippen LogP contribution in [-0.4, -0.2) is 37.9 Å². The van der Waals surface area contributed by atoms with Crippen molar-refractivity contribution in [2.45, 2.75) is 13.3 Å². The molecule has 0 fully saturated rings. The molecule has 0 saturated heterocycles. The van der Waals surface area contributed by atoms with Crippen LogP contribution in [0.15, 0.2) is 18.2 Å². The molecule has 1 aromatic rings. The highest BCUT2D eigenvalue weighted by molar-refractivity contribution is 5.70. The Balaban J connectivity index is 2.12. The molecule has 2 rings (SSSR count). The Morgan fingerprint density at radius 3 is 2.74 bits per heavy atom. The molecule has 0 aliphatic carbocycles. The van der Waals surface area contributed by atoms with Crippen molar-refractivity contribution in [1.29, 1.82) is 0 Å². The van der Waals surface area contributed by atoms with Gasteiger partial charge in [-0.3, -0.25) is 4.79 Å². The zero-order valence-corrected chi connectivity index (χ0v) is 11.3. The van der Waals surface area contributed by atoms with Crippen LogP contribution >= 0.6 is 0 Å². The first-order valence-electron chi connectivity index (χ1n) is 6.41. The lowest BCUT2D eigenvalue weighted by atomic mass is 10.1. The van der Waals surface area contributed by atoms with Crippen molar-refractivity contribution in [3.8, 4) is 11.5 Å². The number of benzene rings is 1. The molecule has 1 aliphatic rings. The molecular formula is C14H19NO4. The number of carboxylic acids is 1. The maximum Gasteiger partial charge on any atom is 0.308 e. The number of ether oxygens (including phenoxy) is 2. The molecule has 1 heterocycles. The molecule has 0 radical (unpaired) electrons. The van der Waals surface area contributed by atoms with Crippen LogP contribution in [0.4, 0.5) is 5.69 Å². The van der Waals surface area contributed by atoms with E-state index < -0.39 is 11.9 Å². The van der Waals surface area contributed by atoms with Gasteiger partial charge in [0.15, 0.2) is 11.5 Å². The summed E-state index contributed by atoms with van der Waals surface area (Å²) in [5, 5.41) is 8.94. The minimum atomic E-state index is -0.791. The van der Waals surface area contributed by atoms with Gasteiger partial charge in [0.05, 0.1) is 19.1 Å². The van der Waals surface area contributed by atoms with E-state index in [2.05, 4.69) is 0 Å². The Labute approximate surface area is 112 Å². The Morgan fingerprint density at radius 2 is 2.05 bits per heavy atom. The summed E-state index contributed by atoms with van der Waals surface area (Å²) in [5.74, 6) is 0.271. The van der Waals surface area contributed by atoms with E-state index in [4.69, 9.17) is 14.6 Å². The Hall–Kier alpha value is -1.91. The van der Waals surface area contributed by atoms with E-state index in [-0.39, 0.29) is 0 Å². The number of hydrogen-bond acceptors (Lipinski definition) is 4. The molecule has 5 nitrogen and oxygen atoms in total. The summed E-state index contributed by atoms with van der Waals surface area (Å²) in [6.45, 7) is 3.46. The quantitative estimate of drug-likeness (QED) is 0.902. The third-order valence-electron chi connectivity index (χ3n) is 3.14. The number of fused-ring (bicyclic) bond motifs is 1. The fourth-order valence-corrected chi connectivity index (χ4v) is 1.98. The van der Waals surface area contributed by atoms with E-state index in [1.165, 1.54) is 0 Å². The van der Waals surface area contributed by atoms with Crippen LogP contribution in [0.25, 0.3) is 0 Å². The zero-order chi connectivity index (χ0) is 13.8. The molecule has 0 aromatic heterocycles. The molecule has 1 unspecified atom stereocenters. The van der Waals surface area contributed by atoms with Crippen molar-refractivity contribution >= 4 is 11.7 Å². The second-order valence-electron chi connectivity index (χ2n) is 4.80. The molecule has 19 heavy (non-hydrogen) atoms. The molecule has 0 spiro atoms. The highest BCUT2D eigenvalue weighted by atomic mass is 16.5. The lowest BCUT2D eigenvalue weighted by Gasteiger charge is -2.22. The van der Waals surface area contributed by atoms with Gasteiger partial charge in [0.25, 0.3) is 0 Å². The molecule has 5 heteroatoms. The summed E-state index contributed by atoms with van der Waals surface area (Å²) in [6, 6.07) is 5.69. The summed E-state index contributed by atoms with van der Waals surface area (Å²) in [5.41, 5.74) is 0.928. The summed E-state index contributed by atoms with van der Waals surface area (Å²) < 4.78 is 11.2. The minimum absolute atomic E-state index is 0.416. The number of nitrogens with zero attached hydrogens (tertiary/aromatic N) is 1. The average molecular weight is 265 g/mol. The number of hydrogen-bond donors (Lipinski definition) is 1. The Kier molecular flexibility index (Phi) is 4.14. The molecule has 104 valence electrons. The van der Waals surface area contributed by atoms with Crippen LogP contribution < -0.4 is 14.4 Å². The fourth-order valence-electron chi connectivity index (χ4n) is 1.98. The van der Waals surface area contributed by atoms with Gasteiger partial charge in [0.1, 0.15) is 0 Å². The van der Waals surface area contributed by atoms with Crippen molar-refractivity contribution in [1.82, 2.24) is 0 Å². The van der Waals surface area contributed by atoms with Crippen molar-refractivity contribution < 1.29 is 19.4 Å². The summed E-state index contributed by atoms with van der Waals surface area (Å²) >= 11 is 0. The maximum absolute atomic E-state index is 10.9. The largest absolute Gasteiger partial charge is 0.490 e. The van der Waals surface area contributed by atoms with E-state index in [1.807, 2.05) is 30.1 Å². The molecule has 0 bridgehead atoms. The standard InChI is InChI=1S/C14H19NO4/c1-10(14(16)17)9-15(2)11-4-5-12-13(8-11)19-7-3-6-18-12/h4-5,8,10H,3,6-7,9H2,1-2H3,(H,16,17). The monoisotopic (exact) mass is 265 g/mol. The van der Waals surface area contributed by atoms with E-state index in [1.54, 1.807) is 6.92 Å². The number of rotatable bonds is 4. The first-order chi connectivity index (χ1) is 9.08. The Morgan fingerprint density at radius 1 is 1.37 bits per heavy atom. The molecule has 1 aromatic carbocycles. The Bertz CT molecular complexity index is 461. The smallest absolute Gasteiger partial charge is 0.308 e. The second-order valence-corrected chi connectivity index (χ2v) is 4.80. The van der Waals surface area contributed by atoms with E-state index >= 15 is 0 Å². The first kappa shape index (κ1) is 13.5. The van der Waals surface area contributed by atoms with E-state index in [0.29, 0.717) is 19.8 Å². The predicted molar refractivity (Wildman–Crippen MR) is 72.1 cm³/mol. The zero-order valence-electron chi connectivity index (χ0n) is 11.3. The van der Waals surface area contributed by atoms with Gasteiger partial charge < -0.3 is 19.5 Å². The van der Waals surface area contributed by atoms with Crippen LogP contribution in [0, 0.1) is 5.92 Å². The average Bonchev–Trinajstić information content (AvgIpc) is 2.62. The summed E-state index contributed by atoms with van der Waals surface area (Å²) in [6.07, 6.45) is 0.871. The van der Waals surface area contributed by atoms with Gasteiger partial charge in [-0.05, 0) is 12.1 Å². The molecule has 0 saturated carbocycles. The highest BCUT2D eigenvalue weighted by Gasteiger charge is 2.16. The molecule has 1 aliphatic heterocycles. The summed E-state index contributed by atoms with van der Waals surface area (Å²) in [7, 11) is 1.87. The van der Waals surface area contributed by atoms with Gasteiger partial charge in [0.2, 0.25) is 0 Å². The van der Waals surface area contributed by atoms with Crippen LogP contribution in [0.2, 0.25) is 0 Å². The molecule has 1 N–H and O–H groups in total. The number of aliphatic carboxylic acids is 1. The number of carbonyl (C=O) groups is 1. The minimum Gasteiger partial charge on any atom is -0.490 e. The first-order valence-corrected chi connectivity index (χ1v) is 6.41. The second kappa shape index (κ2) is 5.82. The van der Waals surface area contributed by atoms with Gasteiger partial charge in [0, 0.05) is 31.8 Å². The van der Waals surface area contributed by atoms with Crippen LogP contribution in [0.1, 0.15) is 13.3 Å². The topological polar surface area (TPSA) is 59.0 Å². The van der Waals surface area contributed by atoms with Crippen LogP contribution in [0.5, 0.6) is 11.5 Å². The van der Waals surface area contributed by atoms with Crippen molar-refractivity contribution in [3.63, 3.8) is 0 Å². The molecule has 1 atom stereocenters. The normalized spacial score (nSPS) is 15.5. The van der Waals surface area contributed by atoms with Crippen LogP contribution in [-0.2, 0) is 4.79 Å². The van der Waals surface area contributed by atoms with Crippen molar-refractivity contribution in [2.75, 3.05) is 31.7 Å². The van der Waals surface area contributed by atoms with Gasteiger partial charge >= 0.3 is 5.97 Å². The SMILES string of the molecule is CC(CN(C)c1ccc2c(c1)OCCCO2)C(=O)O. The highest BCUT2D eigenvalue weighted by Crippen LogP contribution is 2.33. The van der Waals surface area contributed by atoms with Gasteiger partial charge in [-0.2, -0.15) is 0 Å². The third-order valence-corrected chi connectivity index (χ3v) is 3.14. The fraction of sp³-hybridized carbons (Fsp3) is 0.500. The van der Waals surface area contributed by atoms with Crippen molar-refractivity contribution in [3.05, 3.63) is 18.2 Å². The third kappa shape index (κ3) is 3.30. The van der Waals surface area contributed by atoms with Crippen molar-refractivity contribution in [2.24, 2.45) is 5.92 Å². The summed E-state index contributed by atoms with van der Waals surface area (Å²) in [4.78, 5) is 12.8. The van der Waals surface area contributed by atoms with Gasteiger partial charge in [-0.15, -0.1) is 0 Å². The van der Waals surface area contributed by atoms with Gasteiger partial charge in [-0.1, -0.05) is 6.92 Å². The van der Waals surface area contributed by atoms with Crippen LogP contribution in [0.3, 0.4) is 0 Å². The van der Waals surface area contributed by atoms with E-state index in [0.717, 1.165) is 23.6 Å². The van der Waals surface area contributed by atoms with E-state index in [9.17, 15) is 4.79 Å². The molecule has 0 amide bonds. The number of carboxylic acid groups (broad SMARTS) is 1. The lowest BCUT2D eigenvalue weighted by Crippen LogP contribution is -2.28. The van der Waals surface area contributed by atoms with Gasteiger partial charge in [-0.25, -0.2) is 0 Å². The molecular weight excluding hydrogens is 246 g/mol. The maximum atomic E-state index is 10.9. The lowest BCUT2D eigenvalue weighted by molar-refractivity contribution is -0.140. The number of anilines is 1.